The molecule has 0 bridgehead atoms. The lowest BCUT2D eigenvalue weighted by molar-refractivity contribution is -0.118. The summed E-state index contributed by atoms with van der Waals surface area (Å²) in [7, 11) is 0. The molecule has 0 spiro atoms. The lowest BCUT2D eigenvalue weighted by Gasteiger charge is -2.05. The van der Waals surface area contributed by atoms with E-state index in [2.05, 4.69) is 10.3 Å². The van der Waals surface area contributed by atoms with Gasteiger partial charge in [0.05, 0.1) is 0 Å². The largest absolute Gasteiger partial charge is 0.408 e. The lowest BCUT2D eigenvalue weighted by atomic mass is 10.3. The monoisotopic (exact) mass is 212 g/mol. The smallest absolute Gasteiger partial charge is 0.361 e. The van der Waals surface area contributed by atoms with Gasteiger partial charge in [0.1, 0.15) is 6.54 Å². The molecule has 0 aromatic heterocycles. The third-order valence-corrected chi connectivity index (χ3v) is 3.00. The molecule has 1 heterocycles. The number of nitrogens with one attached hydrogen (secondary N) is 1. The number of hydrogen-bond donors (Lipinski definition) is 1. The van der Waals surface area contributed by atoms with E-state index in [4.69, 9.17) is 0 Å². The van der Waals surface area contributed by atoms with Gasteiger partial charge in [-0.25, -0.2) is 0 Å². The maximum absolute atomic E-state index is 11.8. The van der Waals surface area contributed by atoms with E-state index in [1.807, 2.05) is 13.8 Å². The second-order valence-electron chi connectivity index (χ2n) is 2.99. The number of rotatable bonds is 1. The third-order valence-electron chi connectivity index (χ3n) is 1.75. The highest BCUT2D eigenvalue weighted by Crippen LogP contribution is 2.23. The Balaban J connectivity index is 2.46. The van der Waals surface area contributed by atoms with Gasteiger partial charge in [-0.3, -0.25) is 4.99 Å². The van der Waals surface area contributed by atoms with Crippen LogP contribution in [0.1, 0.15) is 13.8 Å². The summed E-state index contributed by atoms with van der Waals surface area (Å²) in [5.74, 6) is 0. The average molecular weight is 212 g/mol. The fraction of sp³-hybridized carbons (Fsp3) is 0.857. The van der Waals surface area contributed by atoms with Gasteiger partial charge in [-0.2, -0.15) is 13.2 Å². The summed E-state index contributed by atoms with van der Waals surface area (Å²) in [6.07, 6.45) is -4.20. The Hall–Kier alpha value is -0.390. The highest BCUT2D eigenvalue weighted by atomic mass is 32.2. The molecule has 2 unspecified atom stereocenters. The molecule has 0 aromatic carbocycles. The Kier molecular flexibility index (Phi) is 3.10. The maximum Gasteiger partial charge on any atom is 0.408 e. The van der Waals surface area contributed by atoms with Crippen molar-refractivity contribution < 1.29 is 13.2 Å². The molecule has 1 aliphatic rings. The van der Waals surface area contributed by atoms with Crippen molar-refractivity contribution in [2.45, 2.75) is 31.3 Å². The van der Waals surface area contributed by atoms with Crippen LogP contribution in [0.15, 0.2) is 4.99 Å². The van der Waals surface area contributed by atoms with Crippen LogP contribution in [0.2, 0.25) is 0 Å². The highest BCUT2D eigenvalue weighted by Gasteiger charge is 2.29. The average Bonchev–Trinajstić information content (AvgIpc) is 2.27. The normalized spacial score (nSPS) is 32.2. The van der Waals surface area contributed by atoms with Crippen LogP contribution in [0.25, 0.3) is 0 Å². The van der Waals surface area contributed by atoms with Crippen molar-refractivity contribution in [1.82, 2.24) is 5.32 Å². The molecule has 6 heteroatoms. The van der Waals surface area contributed by atoms with Gasteiger partial charge in [0.2, 0.25) is 0 Å². The molecule has 1 saturated heterocycles. The van der Waals surface area contributed by atoms with Crippen LogP contribution in [0.3, 0.4) is 0 Å². The number of thioether (sulfide) groups is 1. The Morgan fingerprint density at radius 3 is 2.46 bits per heavy atom. The molecule has 1 fully saturated rings. The van der Waals surface area contributed by atoms with Crippen molar-refractivity contribution in [3.05, 3.63) is 0 Å². The maximum atomic E-state index is 11.8. The molecule has 0 saturated carbocycles. The first kappa shape index (κ1) is 10.7. The van der Waals surface area contributed by atoms with Crippen molar-refractivity contribution in [2.24, 2.45) is 4.99 Å². The van der Waals surface area contributed by atoms with Gasteiger partial charge in [-0.05, 0) is 6.92 Å². The zero-order valence-corrected chi connectivity index (χ0v) is 8.17. The minimum absolute atomic E-state index is 0.192. The van der Waals surface area contributed by atoms with E-state index >= 15 is 0 Å². The van der Waals surface area contributed by atoms with Crippen molar-refractivity contribution in [3.8, 4) is 0 Å². The molecule has 0 aliphatic carbocycles. The molecule has 2 nitrogen and oxygen atoms in total. The Morgan fingerprint density at radius 1 is 1.46 bits per heavy atom. The predicted molar refractivity (Wildman–Crippen MR) is 48.0 cm³/mol. The summed E-state index contributed by atoms with van der Waals surface area (Å²) in [5, 5.41) is 3.57. The molecule has 1 rings (SSSR count). The Morgan fingerprint density at radius 2 is 2.08 bits per heavy atom. The fourth-order valence-corrected chi connectivity index (χ4v) is 1.89. The quantitative estimate of drug-likeness (QED) is 0.719. The van der Waals surface area contributed by atoms with Gasteiger partial charge in [-0.15, -0.1) is 0 Å². The SMILES string of the molecule is CC1NC(=NCC(F)(F)F)SC1C. The minimum Gasteiger partial charge on any atom is -0.361 e. The fourth-order valence-electron chi connectivity index (χ4n) is 0.869. The number of nitrogens with zero attached hydrogens (tertiary/aromatic N) is 1. The van der Waals surface area contributed by atoms with Crippen LogP contribution in [-0.2, 0) is 0 Å². The van der Waals surface area contributed by atoms with Crippen molar-refractivity contribution in [3.63, 3.8) is 0 Å². The highest BCUT2D eigenvalue weighted by molar-refractivity contribution is 8.14. The molecule has 2 atom stereocenters. The van der Waals surface area contributed by atoms with E-state index in [0.29, 0.717) is 5.17 Å². The second kappa shape index (κ2) is 3.77. The van der Waals surface area contributed by atoms with Gasteiger partial charge in [-0.1, -0.05) is 18.7 Å². The molecule has 0 amide bonds. The first-order valence-corrected chi connectivity index (χ1v) is 4.81. The van der Waals surface area contributed by atoms with Crippen LogP contribution < -0.4 is 5.32 Å². The second-order valence-corrected chi connectivity index (χ2v) is 4.36. The van der Waals surface area contributed by atoms with E-state index in [1.165, 1.54) is 11.8 Å². The lowest BCUT2D eigenvalue weighted by Crippen LogP contribution is -2.27. The first-order valence-electron chi connectivity index (χ1n) is 3.93. The van der Waals surface area contributed by atoms with Gasteiger partial charge in [0.25, 0.3) is 0 Å². The molecular weight excluding hydrogens is 201 g/mol. The topological polar surface area (TPSA) is 24.4 Å². The van der Waals surface area contributed by atoms with Crippen molar-refractivity contribution in [1.29, 1.82) is 0 Å². The summed E-state index contributed by atoms with van der Waals surface area (Å²) >= 11 is 1.35. The number of halogens is 3. The van der Waals surface area contributed by atoms with Crippen LogP contribution in [0.5, 0.6) is 0 Å². The third kappa shape index (κ3) is 3.46. The summed E-state index contributed by atoms with van der Waals surface area (Å²) in [6, 6.07) is 0.192. The number of hydrogen-bond acceptors (Lipinski definition) is 2. The molecule has 1 N–H and O–H groups in total. The molecule has 1 aliphatic heterocycles. The van der Waals surface area contributed by atoms with E-state index in [0.717, 1.165) is 0 Å². The first-order chi connectivity index (χ1) is 5.88. The van der Waals surface area contributed by atoms with Crippen LogP contribution in [0, 0.1) is 0 Å². The minimum atomic E-state index is -4.20. The van der Waals surface area contributed by atoms with Gasteiger partial charge in [0.15, 0.2) is 5.17 Å². The molecule has 0 aromatic rings. The van der Waals surface area contributed by atoms with Gasteiger partial charge >= 0.3 is 6.18 Å². The van der Waals surface area contributed by atoms with Gasteiger partial charge in [0, 0.05) is 11.3 Å². The number of alkyl halides is 3. The van der Waals surface area contributed by atoms with Crippen LogP contribution in [0.4, 0.5) is 13.2 Å². The van der Waals surface area contributed by atoms with Gasteiger partial charge < -0.3 is 5.32 Å². The summed E-state index contributed by atoms with van der Waals surface area (Å²) in [5.41, 5.74) is 0. The Labute approximate surface area is 79.0 Å². The molecule has 76 valence electrons. The van der Waals surface area contributed by atoms with E-state index < -0.39 is 12.7 Å². The number of amidine groups is 1. The van der Waals surface area contributed by atoms with E-state index in [1.54, 1.807) is 0 Å². The summed E-state index contributed by atoms with van der Waals surface area (Å²) < 4.78 is 35.3. The zero-order valence-electron chi connectivity index (χ0n) is 7.35. The van der Waals surface area contributed by atoms with E-state index in [9.17, 15) is 13.2 Å². The number of aliphatic imine (C=N–C) groups is 1. The predicted octanol–water partition coefficient (Wildman–Crippen LogP) is 2.02. The molecule has 0 radical (unpaired) electrons. The Bertz CT molecular complexity index is 202. The standard InChI is InChI=1S/C7H11F3N2S/c1-4-5(2)13-6(12-4)11-3-7(8,9)10/h4-5H,3H2,1-2H3,(H,11,12). The zero-order chi connectivity index (χ0) is 10.1. The van der Waals surface area contributed by atoms with Crippen molar-refractivity contribution in [2.75, 3.05) is 6.54 Å². The molecular formula is C7H11F3N2S. The summed E-state index contributed by atoms with van der Waals surface area (Å²) in [6.45, 7) is 2.79. The summed E-state index contributed by atoms with van der Waals surface area (Å²) in [4.78, 5) is 3.44. The molecule has 13 heavy (non-hydrogen) atoms. The van der Waals surface area contributed by atoms with Crippen molar-refractivity contribution >= 4 is 16.9 Å². The van der Waals surface area contributed by atoms with Crippen LogP contribution >= 0.6 is 11.8 Å². The van der Waals surface area contributed by atoms with Crippen LogP contribution in [-0.4, -0.2) is 29.2 Å². The van der Waals surface area contributed by atoms with E-state index in [-0.39, 0.29) is 11.3 Å².